The predicted octanol–water partition coefficient (Wildman–Crippen LogP) is 4.32. The lowest BCUT2D eigenvalue weighted by Gasteiger charge is -2.65. The van der Waals surface area contributed by atoms with Crippen LogP contribution < -0.4 is 11.2 Å². The molecule has 10 atom stereocenters. The summed E-state index contributed by atoms with van der Waals surface area (Å²) in [7, 11) is 0. The number of rotatable bonds is 6. The maximum Gasteiger partial charge on any atom is 0.0909 e. The van der Waals surface area contributed by atoms with Crippen LogP contribution in [0.2, 0.25) is 0 Å². The lowest BCUT2D eigenvalue weighted by atomic mass is 9.42. The summed E-state index contributed by atoms with van der Waals surface area (Å²) >= 11 is 0. The molecule has 0 heterocycles. The molecular weight excluding hydrogens is 400 g/mol. The van der Waals surface area contributed by atoms with Gasteiger partial charge in [0.25, 0.3) is 0 Å². The first kappa shape index (κ1) is 24.4. The number of hydrogen-bond donors (Lipinski definition) is 5. The summed E-state index contributed by atoms with van der Waals surface area (Å²) in [6.45, 7) is 9.13. The average Bonchev–Trinajstić information content (AvgIpc) is 3.11. The second-order valence-corrected chi connectivity index (χ2v) is 12.1. The first-order valence-corrected chi connectivity index (χ1v) is 13.0. The van der Waals surface area contributed by atoms with Gasteiger partial charge in [-0.2, -0.15) is 5.48 Å². The number of hydrogen-bond acceptors (Lipinski definition) is 5. The van der Waals surface area contributed by atoms with Gasteiger partial charge in [0.05, 0.1) is 17.2 Å². The van der Waals surface area contributed by atoms with E-state index in [9.17, 15) is 15.4 Å². The van der Waals surface area contributed by atoms with E-state index in [1.165, 1.54) is 0 Å². The third-order valence-electron chi connectivity index (χ3n) is 10.6. The quantitative estimate of drug-likeness (QED) is 0.309. The van der Waals surface area contributed by atoms with Crippen LogP contribution in [0.5, 0.6) is 0 Å². The first-order valence-electron chi connectivity index (χ1n) is 13.0. The van der Waals surface area contributed by atoms with E-state index in [4.69, 9.17) is 5.73 Å². The molecule has 5 heteroatoms. The lowest BCUT2D eigenvalue weighted by Crippen LogP contribution is -2.71. The van der Waals surface area contributed by atoms with Gasteiger partial charge in [-0.25, -0.2) is 0 Å². The zero-order chi connectivity index (χ0) is 23.4. The number of aliphatic hydroxyl groups excluding tert-OH is 1. The zero-order valence-electron chi connectivity index (χ0n) is 20.6. The Hall–Kier alpha value is -0.720. The second-order valence-electron chi connectivity index (χ2n) is 12.1. The largest absolute Gasteiger partial charge is 0.393 e. The molecule has 5 nitrogen and oxygen atoms in total. The molecule has 6 N–H and O–H groups in total. The molecule has 0 unspecified atom stereocenters. The summed E-state index contributed by atoms with van der Waals surface area (Å²) in [5, 5.41) is 32.6. The molecule has 0 aromatic carbocycles. The molecule has 0 saturated heterocycles. The Bertz CT molecular complexity index is 755. The van der Waals surface area contributed by atoms with Gasteiger partial charge in [-0.3, -0.25) is 0 Å². The highest BCUT2D eigenvalue weighted by molar-refractivity contribution is 5.32. The molecule has 0 aromatic rings. The fraction of sp³-hybridized carbons (Fsp3) is 0.852. The van der Waals surface area contributed by atoms with E-state index in [2.05, 4.69) is 51.4 Å². The van der Waals surface area contributed by atoms with Crippen LogP contribution in [0.15, 0.2) is 24.3 Å². The smallest absolute Gasteiger partial charge is 0.0909 e. The zero-order valence-corrected chi connectivity index (χ0v) is 20.6. The number of allylic oxidation sites excluding steroid dienone is 1. The summed E-state index contributed by atoms with van der Waals surface area (Å²) in [4.78, 5) is 0. The van der Waals surface area contributed by atoms with Crippen LogP contribution >= 0.6 is 0 Å². The summed E-state index contributed by atoms with van der Waals surface area (Å²) in [6, 6.07) is 0.134. The highest BCUT2D eigenvalue weighted by Crippen LogP contribution is 2.68. The Morgan fingerprint density at radius 1 is 1.09 bits per heavy atom. The summed E-state index contributed by atoms with van der Waals surface area (Å²) in [5.74, 6) is 1.46. The van der Waals surface area contributed by atoms with Crippen molar-refractivity contribution in [3.05, 3.63) is 24.3 Å². The number of fused-ring (bicyclic) bond motifs is 5. The van der Waals surface area contributed by atoms with Crippen molar-refractivity contribution in [2.45, 2.75) is 109 Å². The molecule has 0 spiro atoms. The minimum absolute atomic E-state index is 0.120. The molecule has 4 aliphatic carbocycles. The average molecular weight is 447 g/mol. The molecule has 182 valence electrons. The van der Waals surface area contributed by atoms with Crippen LogP contribution in [0.4, 0.5) is 0 Å². The minimum atomic E-state index is -1.01. The van der Waals surface area contributed by atoms with Crippen LogP contribution in [0.25, 0.3) is 0 Å². The summed E-state index contributed by atoms with van der Waals surface area (Å²) in [5.41, 5.74) is 7.31. The molecule has 0 aliphatic heterocycles. The van der Waals surface area contributed by atoms with E-state index in [0.717, 1.165) is 51.4 Å². The number of aliphatic hydroxyl groups is 2. The van der Waals surface area contributed by atoms with Crippen molar-refractivity contribution in [2.24, 2.45) is 40.2 Å². The molecule has 4 rings (SSSR count). The van der Waals surface area contributed by atoms with Gasteiger partial charge in [-0.1, -0.05) is 58.4 Å². The number of hydroxylamine groups is 1. The van der Waals surface area contributed by atoms with Crippen LogP contribution in [0, 0.1) is 34.5 Å². The molecule has 0 bridgehead atoms. The van der Waals surface area contributed by atoms with E-state index in [-0.39, 0.29) is 22.8 Å². The Morgan fingerprint density at radius 2 is 1.84 bits per heavy atom. The SMILES string of the molecule is CCC[C@@H](N)/C=C/[C@@H](C)[C@H]1CC[C@@H]2[C@]1(C)CC[C@H]1[C@@]2(NO)C=C[C@@]2(O)C[C@@H](O)CC[C@]12C. The van der Waals surface area contributed by atoms with Crippen molar-refractivity contribution in [2.75, 3.05) is 0 Å². The highest BCUT2D eigenvalue weighted by Gasteiger charge is 2.68. The highest BCUT2D eigenvalue weighted by atomic mass is 16.5. The maximum atomic E-state index is 11.6. The molecule has 3 fully saturated rings. The molecular formula is C27H46N2O3. The van der Waals surface area contributed by atoms with Gasteiger partial charge >= 0.3 is 0 Å². The second kappa shape index (κ2) is 8.49. The molecule has 3 saturated carbocycles. The van der Waals surface area contributed by atoms with Crippen LogP contribution in [0.3, 0.4) is 0 Å². The first-order chi connectivity index (χ1) is 15.1. The number of nitrogens with one attached hydrogen (secondary N) is 1. The Kier molecular flexibility index (Phi) is 6.48. The molecule has 32 heavy (non-hydrogen) atoms. The molecule has 4 aliphatic rings. The van der Waals surface area contributed by atoms with Crippen molar-refractivity contribution in [3.63, 3.8) is 0 Å². The number of nitrogens with two attached hydrogens (primary N) is 1. The molecule has 0 radical (unpaired) electrons. The monoisotopic (exact) mass is 446 g/mol. The third kappa shape index (κ3) is 3.46. The van der Waals surface area contributed by atoms with Gasteiger partial charge in [0, 0.05) is 17.9 Å². The fourth-order valence-electron chi connectivity index (χ4n) is 8.75. The van der Waals surface area contributed by atoms with Crippen molar-refractivity contribution in [3.8, 4) is 0 Å². The van der Waals surface area contributed by atoms with Crippen molar-refractivity contribution < 1.29 is 15.4 Å². The Balaban J connectivity index is 1.65. The van der Waals surface area contributed by atoms with Crippen LogP contribution in [-0.2, 0) is 0 Å². The Labute approximate surface area is 194 Å². The predicted molar refractivity (Wildman–Crippen MR) is 128 cm³/mol. The van der Waals surface area contributed by atoms with Gasteiger partial charge in [0.15, 0.2) is 0 Å². The van der Waals surface area contributed by atoms with Crippen molar-refractivity contribution in [1.82, 2.24) is 5.48 Å². The van der Waals surface area contributed by atoms with E-state index in [1.807, 2.05) is 6.08 Å². The van der Waals surface area contributed by atoms with Crippen LogP contribution in [-0.4, -0.2) is 38.7 Å². The van der Waals surface area contributed by atoms with Crippen LogP contribution in [0.1, 0.15) is 85.5 Å². The van der Waals surface area contributed by atoms with E-state index >= 15 is 0 Å². The lowest BCUT2D eigenvalue weighted by molar-refractivity contribution is -0.194. The van der Waals surface area contributed by atoms with E-state index < -0.39 is 17.2 Å². The van der Waals surface area contributed by atoms with Gasteiger partial charge in [-0.05, 0) is 74.0 Å². The Morgan fingerprint density at radius 3 is 2.53 bits per heavy atom. The summed E-state index contributed by atoms with van der Waals surface area (Å²) in [6.07, 6.45) is 16.4. The third-order valence-corrected chi connectivity index (χ3v) is 10.6. The maximum absolute atomic E-state index is 11.6. The van der Waals surface area contributed by atoms with Crippen molar-refractivity contribution in [1.29, 1.82) is 0 Å². The van der Waals surface area contributed by atoms with Gasteiger partial charge in [0.1, 0.15) is 0 Å². The molecule has 0 aromatic heterocycles. The van der Waals surface area contributed by atoms with E-state index in [1.54, 1.807) is 0 Å². The fourth-order valence-corrected chi connectivity index (χ4v) is 8.75. The van der Waals surface area contributed by atoms with Crippen molar-refractivity contribution >= 4 is 0 Å². The minimum Gasteiger partial charge on any atom is -0.393 e. The standard InChI is InChI=1S/C27H46N2O3/c1-5-6-19(28)8-7-18(2)21-9-10-22-24(21,3)13-12-23-25(4)14-11-20(30)17-26(25,31)15-16-27(22,23)29-32/h7-8,15-16,18-23,29-32H,5-6,9-14,17,28H2,1-4H3/b8-7+/t18-,19-,20+,21-,22-,23-,24-,25-,26-,27-/m1/s1. The van der Waals surface area contributed by atoms with Gasteiger partial charge < -0.3 is 21.2 Å². The normalized spacial score (nSPS) is 50.0. The topological polar surface area (TPSA) is 98.7 Å². The molecule has 0 amide bonds. The van der Waals surface area contributed by atoms with Gasteiger partial charge in [0.2, 0.25) is 0 Å². The summed E-state index contributed by atoms with van der Waals surface area (Å²) < 4.78 is 0. The van der Waals surface area contributed by atoms with Gasteiger partial charge in [-0.15, -0.1) is 0 Å². The van der Waals surface area contributed by atoms with E-state index in [0.29, 0.717) is 24.2 Å².